The van der Waals surface area contributed by atoms with Crippen molar-refractivity contribution in [3.8, 4) is 17.1 Å². The Labute approximate surface area is 422 Å². The highest BCUT2D eigenvalue weighted by molar-refractivity contribution is 6.06. The van der Waals surface area contributed by atoms with Gasteiger partial charge < -0.3 is 39.7 Å². The smallest absolute Gasteiger partial charge is 0.276 e. The predicted octanol–water partition coefficient (Wildman–Crippen LogP) is 7.96. The topological polar surface area (TPSA) is 165 Å². The monoisotopic (exact) mass is 974 g/mol. The first kappa shape index (κ1) is 47.5. The number of hydrogen-bond donors (Lipinski definition) is 3. The molecule has 6 aliphatic rings. The number of piperazine rings is 1. The fourth-order valence-electron chi connectivity index (χ4n) is 12.6. The summed E-state index contributed by atoms with van der Waals surface area (Å²) in [5.74, 6) is 0.729. The Bertz CT molecular complexity index is 2940. The second kappa shape index (κ2) is 19.3. The van der Waals surface area contributed by atoms with Gasteiger partial charge in [0.25, 0.3) is 17.7 Å². The summed E-state index contributed by atoms with van der Waals surface area (Å²) in [5.41, 5.74) is 10.3. The fraction of sp³-hybridized carbons (Fsp3) is 0.464. The number of methoxy groups -OCH3 is 1. The Balaban J connectivity index is 0.767. The van der Waals surface area contributed by atoms with Gasteiger partial charge >= 0.3 is 0 Å². The first-order chi connectivity index (χ1) is 34.9. The van der Waals surface area contributed by atoms with Crippen molar-refractivity contribution in [3.05, 3.63) is 107 Å². The van der Waals surface area contributed by atoms with E-state index in [1.165, 1.54) is 55.0 Å². The number of aliphatic hydroxyl groups excluding tert-OH is 1. The van der Waals surface area contributed by atoms with Crippen molar-refractivity contribution in [2.24, 2.45) is 5.41 Å². The maximum Gasteiger partial charge on any atom is 0.276 e. The minimum absolute atomic E-state index is 0.139. The number of ether oxygens (including phenoxy) is 1. The van der Waals surface area contributed by atoms with Crippen molar-refractivity contribution in [1.82, 2.24) is 29.3 Å². The molecule has 0 radical (unpaired) electrons. The number of aliphatic hydroxyl groups is 1. The molecule has 3 amide bonds. The number of carbonyl (C=O) groups is 3. The second-order valence-electron chi connectivity index (χ2n) is 21.4. The van der Waals surface area contributed by atoms with E-state index in [0.717, 1.165) is 89.0 Å². The van der Waals surface area contributed by atoms with Gasteiger partial charge in [0.15, 0.2) is 5.82 Å². The number of hydrogen-bond acceptors (Lipinski definition) is 12. The average molecular weight is 974 g/mol. The van der Waals surface area contributed by atoms with Crippen LogP contribution in [0.5, 0.6) is 5.88 Å². The number of anilines is 6. The molecule has 3 N–H and O–H groups in total. The number of piperidine rings is 1. The Morgan fingerprint density at radius 3 is 2.46 bits per heavy atom. The highest BCUT2D eigenvalue weighted by Gasteiger charge is 2.39. The molecule has 0 bridgehead atoms. The highest BCUT2D eigenvalue weighted by atomic mass is 16.5. The van der Waals surface area contributed by atoms with Crippen LogP contribution in [0.15, 0.2) is 73.6 Å². The van der Waals surface area contributed by atoms with Gasteiger partial charge in [-0.05, 0) is 117 Å². The standard InChI is InChI=1S/C56H67N11O5/c1-6-50(69)60-45-28-38(59-51-53(72-5)58-31-46(61-51)43-16-19-57-52(44(43)34-68)66-25-24-65-48(55(66)71)27-36-29-56(3,4)30-49(36)65)12-15-47(45)64-23-22-63(32-35(64)2)39-17-20-62(21-18-39)41-13-14-42-37(26-41)33-67(54(42)70)40-10-8-7-9-11-40/h6,12-16,19,26-28,31,35,39-40,68H,1,7-11,17-18,20-25,29-30,32-34H2,2-5H3,(H,59,61)(H,60,69). The zero-order valence-corrected chi connectivity index (χ0v) is 42.1. The minimum atomic E-state index is -0.371. The molecule has 3 aromatic heterocycles. The largest absolute Gasteiger partial charge is 0.478 e. The van der Waals surface area contributed by atoms with Crippen LogP contribution in [0.2, 0.25) is 0 Å². The van der Waals surface area contributed by atoms with Gasteiger partial charge in [-0.25, -0.2) is 15.0 Å². The van der Waals surface area contributed by atoms with E-state index in [-0.39, 0.29) is 41.7 Å². The lowest BCUT2D eigenvalue weighted by Gasteiger charge is -2.47. The van der Waals surface area contributed by atoms with Crippen LogP contribution in [0.25, 0.3) is 11.3 Å². The summed E-state index contributed by atoms with van der Waals surface area (Å²) in [5, 5.41) is 17.3. The number of benzene rings is 2. The molecule has 2 aliphatic carbocycles. The molecule has 4 aliphatic heterocycles. The molecule has 376 valence electrons. The van der Waals surface area contributed by atoms with Crippen LogP contribution in [0, 0.1) is 5.41 Å². The summed E-state index contributed by atoms with van der Waals surface area (Å²) in [6.07, 6.45) is 14.5. The van der Waals surface area contributed by atoms with Crippen molar-refractivity contribution in [2.45, 2.75) is 116 Å². The van der Waals surface area contributed by atoms with Gasteiger partial charge in [-0.15, -0.1) is 0 Å². The van der Waals surface area contributed by atoms with Gasteiger partial charge in [-0.3, -0.25) is 24.2 Å². The van der Waals surface area contributed by atoms with Crippen LogP contribution < -0.4 is 30.1 Å². The van der Waals surface area contributed by atoms with E-state index >= 15 is 0 Å². The molecule has 16 nitrogen and oxygen atoms in total. The molecule has 1 unspecified atom stereocenters. The van der Waals surface area contributed by atoms with Crippen LogP contribution in [-0.4, -0.2) is 117 Å². The van der Waals surface area contributed by atoms with E-state index in [0.29, 0.717) is 70.7 Å². The predicted molar refractivity (Wildman–Crippen MR) is 280 cm³/mol. The second-order valence-corrected chi connectivity index (χ2v) is 21.4. The van der Waals surface area contributed by atoms with E-state index in [1.54, 1.807) is 23.4 Å². The van der Waals surface area contributed by atoms with Gasteiger partial charge in [0.1, 0.15) is 11.5 Å². The lowest BCUT2D eigenvalue weighted by Crippen LogP contribution is -2.57. The Hall–Kier alpha value is -6.78. The number of pyridine rings is 1. The molecular formula is C56H67N11O5. The van der Waals surface area contributed by atoms with Crippen molar-refractivity contribution in [3.63, 3.8) is 0 Å². The van der Waals surface area contributed by atoms with E-state index in [9.17, 15) is 19.5 Å². The fourth-order valence-corrected chi connectivity index (χ4v) is 12.6. The Kier molecular flexibility index (Phi) is 12.8. The summed E-state index contributed by atoms with van der Waals surface area (Å²) in [7, 11) is 1.53. The normalized spacial score (nSPS) is 20.4. The lowest BCUT2D eigenvalue weighted by molar-refractivity contribution is -0.111. The van der Waals surface area contributed by atoms with Crippen LogP contribution >= 0.6 is 0 Å². The summed E-state index contributed by atoms with van der Waals surface area (Å²) < 4.78 is 7.84. The van der Waals surface area contributed by atoms with Gasteiger partial charge in [-0.1, -0.05) is 39.7 Å². The van der Waals surface area contributed by atoms with Gasteiger partial charge in [0, 0.05) is 110 Å². The van der Waals surface area contributed by atoms with Crippen LogP contribution in [-0.2, 0) is 37.3 Å². The molecule has 72 heavy (non-hydrogen) atoms. The van der Waals surface area contributed by atoms with Crippen molar-refractivity contribution in [1.29, 1.82) is 0 Å². The summed E-state index contributed by atoms with van der Waals surface area (Å²) in [4.78, 5) is 65.9. The molecule has 3 fully saturated rings. The quantitative estimate of drug-likeness (QED) is 0.104. The van der Waals surface area contributed by atoms with Crippen LogP contribution in [0.4, 0.5) is 34.4 Å². The number of nitrogens with one attached hydrogen (secondary N) is 2. The van der Waals surface area contributed by atoms with E-state index < -0.39 is 0 Å². The molecule has 2 aromatic carbocycles. The van der Waals surface area contributed by atoms with Gasteiger partial charge in [0.2, 0.25) is 5.91 Å². The average Bonchev–Trinajstić information content (AvgIpc) is 4.02. The molecule has 5 aromatic rings. The third kappa shape index (κ3) is 8.86. The SMILES string of the molecule is C=CC(=O)Nc1cc(Nc2nc(-c3ccnc(N4CCn5c(cc6c5CC(C)(C)C6)C4=O)c3CO)cnc2OC)ccc1N1CCN(C2CCN(c3ccc4c(c3)CN(C3CCCCC3)C4=O)CC2)CC1C. The van der Waals surface area contributed by atoms with Crippen molar-refractivity contribution < 1.29 is 24.2 Å². The number of rotatable bonds is 12. The number of carbonyl (C=O) groups excluding carboxylic acids is 3. The molecule has 7 heterocycles. The number of fused-ring (bicyclic) bond motifs is 4. The summed E-state index contributed by atoms with van der Waals surface area (Å²) in [6, 6.07) is 17.2. The van der Waals surface area contributed by atoms with E-state index in [1.807, 2.05) is 24.3 Å². The molecule has 1 atom stereocenters. The maximum absolute atomic E-state index is 14.1. The van der Waals surface area contributed by atoms with Crippen LogP contribution in [0.1, 0.15) is 109 Å². The molecule has 16 heteroatoms. The number of amides is 3. The molecular weight excluding hydrogens is 907 g/mol. The minimum Gasteiger partial charge on any atom is -0.478 e. The molecule has 0 spiro atoms. The molecule has 1 saturated carbocycles. The first-order valence-electron chi connectivity index (χ1n) is 26.0. The molecule has 2 saturated heterocycles. The van der Waals surface area contributed by atoms with Crippen molar-refractivity contribution in [2.75, 3.05) is 71.7 Å². The Morgan fingerprint density at radius 2 is 1.69 bits per heavy atom. The van der Waals surface area contributed by atoms with E-state index in [4.69, 9.17) is 9.72 Å². The Morgan fingerprint density at radius 1 is 0.875 bits per heavy atom. The third-order valence-corrected chi connectivity index (χ3v) is 16.2. The summed E-state index contributed by atoms with van der Waals surface area (Å²) >= 11 is 0. The first-order valence-corrected chi connectivity index (χ1v) is 26.0. The van der Waals surface area contributed by atoms with Crippen molar-refractivity contribution >= 4 is 52.1 Å². The third-order valence-electron chi connectivity index (χ3n) is 16.2. The zero-order valence-electron chi connectivity index (χ0n) is 42.1. The summed E-state index contributed by atoms with van der Waals surface area (Å²) in [6.45, 7) is 16.5. The van der Waals surface area contributed by atoms with E-state index in [2.05, 4.69) is 90.3 Å². The number of nitrogens with zero attached hydrogens (tertiary/aromatic N) is 9. The maximum atomic E-state index is 14.1. The van der Waals surface area contributed by atoms with Gasteiger partial charge in [0.05, 0.1) is 37.0 Å². The van der Waals surface area contributed by atoms with Gasteiger partial charge in [-0.2, -0.15) is 0 Å². The highest BCUT2D eigenvalue weighted by Crippen LogP contribution is 2.42. The molecule has 11 rings (SSSR count). The zero-order chi connectivity index (χ0) is 49.8. The lowest BCUT2D eigenvalue weighted by atomic mass is 9.90. The number of aromatic nitrogens is 4. The van der Waals surface area contributed by atoms with Crippen LogP contribution in [0.3, 0.4) is 0 Å².